The van der Waals surface area contributed by atoms with Crippen LogP contribution in [0.4, 0.5) is 5.69 Å². The number of aryl methyl sites for hydroxylation is 1. The lowest BCUT2D eigenvalue weighted by atomic mass is 10.1. The van der Waals surface area contributed by atoms with E-state index >= 15 is 0 Å². The number of rotatable bonds is 5. The highest BCUT2D eigenvalue weighted by atomic mass is 35.5. The van der Waals surface area contributed by atoms with Crippen molar-refractivity contribution in [1.82, 2.24) is 10.4 Å². The van der Waals surface area contributed by atoms with Gasteiger partial charge in [0, 0.05) is 22.2 Å². The Morgan fingerprint density at radius 2 is 1.63 bits per heavy atom. The number of anilines is 1. The van der Waals surface area contributed by atoms with Gasteiger partial charge in [-0.1, -0.05) is 53.5 Å². The van der Waals surface area contributed by atoms with Gasteiger partial charge in [-0.05, 0) is 30.2 Å². The molecule has 1 saturated heterocycles. The number of nitrogens with one attached hydrogen (secondary N) is 1. The zero-order valence-corrected chi connectivity index (χ0v) is 15.8. The van der Waals surface area contributed by atoms with E-state index in [1.165, 1.54) is 4.90 Å². The topological polar surface area (TPSA) is 69.7 Å². The summed E-state index contributed by atoms with van der Waals surface area (Å²) in [6.45, 7) is -0.450. The molecule has 2 aromatic carbocycles. The smallest absolute Gasteiger partial charge is 0.261 e. The van der Waals surface area contributed by atoms with Gasteiger partial charge in [-0.25, -0.2) is 5.01 Å². The molecule has 27 heavy (non-hydrogen) atoms. The molecule has 0 bridgehead atoms. The maximum Gasteiger partial charge on any atom is 0.261 e. The summed E-state index contributed by atoms with van der Waals surface area (Å²) in [4.78, 5) is 38.2. The molecule has 0 unspecified atom stereocenters. The monoisotopic (exact) mass is 405 g/mol. The first kappa shape index (κ1) is 19.2. The summed E-state index contributed by atoms with van der Waals surface area (Å²) in [7, 11) is 0. The summed E-state index contributed by atoms with van der Waals surface area (Å²) < 4.78 is 0. The average molecular weight is 406 g/mol. The van der Waals surface area contributed by atoms with Crippen LogP contribution in [0, 0.1) is 0 Å². The summed E-state index contributed by atoms with van der Waals surface area (Å²) >= 11 is 11.9. The summed E-state index contributed by atoms with van der Waals surface area (Å²) in [5.74, 6) is -1.05. The number of nitrogens with zero attached hydrogens (tertiary/aromatic N) is 2. The van der Waals surface area contributed by atoms with Crippen molar-refractivity contribution in [3.63, 3.8) is 0 Å². The molecule has 1 fully saturated rings. The molecule has 0 aliphatic carbocycles. The van der Waals surface area contributed by atoms with Gasteiger partial charge in [0.2, 0.25) is 11.8 Å². The molecule has 6 nitrogen and oxygen atoms in total. The van der Waals surface area contributed by atoms with E-state index in [4.69, 9.17) is 23.2 Å². The van der Waals surface area contributed by atoms with Crippen molar-refractivity contribution < 1.29 is 14.4 Å². The first-order chi connectivity index (χ1) is 12.9. The fourth-order valence-corrected chi connectivity index (χ4v) is 3.27. The van der Waals surface area contributed by atoms with Gasteiger partial charge in [-0.3, -0.25) is 19.8 Å². The molecule has 1 aliphatic rings. The van der Waals surface area contributed by atoms with E-state index in [0.29, 0.717) is 22.2 Å². The summed E-state index contributed by atoms with van der Waals surface area (Å²) in [6, 6.07) is 14.2. The molecule has 0 atom stereocenters. The number of halogens is 2. The molecule has 8 heteroatoms. The predicted octanol–water partition coefficient (Wildman–Crippen LogP) is 2.83. The Morgan fingerprint density at radius 3 is 2.30 bits per heavy atom. The zero-order chi connectivity index (χ0) is 19.4. The highest BCUT2D eigenvalue weighted by molar-refractivity contribution is 6.35. The normalized spacial score (nSPS) is 14.4. The van der Waals surface area contributed by atoms with Crippen molar-refractivity contribution in [3.05, 3.63) is 64.1 Å². The molecular weight excluding hydrogens is 389 g/mol. The van der Waals surface area contributed by atoms with Crippen LogP contribution in [0.25, 0.3) is 0 Å². The van der Waals surface area contributed by atoms with Gasteiger partial charge in [-0.2, -0.15) is 0 Å². The van der Waals surface area contributed by atoms with Crippen LogP contribution < -0.4 is 10.3 Å². The van der Waals surface area contributed by atoms with Crippen LogP contribution in [0.3, 0.4) is 0 Å². The Balaban J connectivity index is 1.59. The van der Waals surface area contributed by atoms with E-state index in [0.717, 1.165) is 10.6 Å². The van der Waals surface area contributed by atoms with E-state index < -0.39 is 5.91 Å². The largest absolute Gasteiger partial charge is 0.301 e. The number of amides is 3. The lowest BCUT2D eigenvalue weighted by molar-refractivity contribution is -0.146. The van der Waals surface area contributed by atoms with Crippen LogP contribution in [0.1, 0.15) is 12.0 Å². The third-order valence-corrected chi connectivity index (χ3v) is 4.53. The number of carbonyl (C=O) groups excluding carboxylic acids is 3. The second-order valence-corrected chi connectivity index (χ2v) is 6.98. The van der Waals surface area contributed by atoms with Gasteiger partial charge >= 0.3 is 0 Å². The van der Waals surface area contributed by atoms with Gasteiger partial charge in [0.05, 0.1) is 0 Å². The standard InChI is InChI=1S/C19H17Cl2N3O3/c20-14-8-15(21)10-16(9-14)23-11-19(27)24(12-18(23)26)22-17(25)7-6-13-4-2-1-3-5-13/h1-5,8-10H,6-7,11-12H2,(H,22,25). The maximum absolute atomic E-state index is 12.4. The van der Waals surface area contributed by atoms with Gasteiger partial charge < -0.3 is 4.90 Å². The van der Waals surface area contributed by atoms with Crippen LogP contribution in [-0.4, -0.2) is 35.8 Å². The molecule has 0 spiro atoms. The van der Waals surface area contributed by atoms with Crippen molar-refractivity contribution in [2.75, 3.05) is 18.0 Å². The van der Waals surface area contributed by atoms with E-state index in [1.54, 1.807) is 18.2 Å². The predicted molar refractivity (Wildman–Crippen MR) is 103 cm³/mol. The number of hydrogen-bond acceptors (Lipinski definition) is 3. The Hall–Kier alpha value is -2.57. The maximum atomic E-state index is 12.4. The third kappa shape index (κ3) is 4.99. The first-order valence-corrected chi connectivity index (χ1v) is 9.08. The van der Waals surface area contributed by atoms with Gasteiger partial charge in [0.1, 0.15) is 13.1 Å². The minimum absolute atomic E-state index is 0.200. The second kappa shape index (κ2) is 8.41. The van der Waals surface area contributed by atoms with E-state index in [-0.39, 0.29) is 31.3 Å². The Kier molecular flexibility index (Phi) is 5.98. The van der Waals surface area contributed by atoms with Crippen molar-refractivity contribution >= 4 is 46.6 Å². The van der Waals surface area contributed by atoms with Crippen molar-refractivity contribution in [1.29, 1.82) is 0 Å². The Morgan fingerprint density at radius 1 is 0.963 bits per heavy atom. The molecule has 1 N–H and O–H groups in total. The fourth-order valence-electron chi connectivity index (χ4n) is 2.76. The molecule has 140 valence electrons. The van der Waals surface area contributed by atoms with Gasteiger partial charge in [0.25, 0.3) is 5.91 Å². The van der Waals surface area contributed by atoms with E-state index in [9.17, 15) is 14.4 Å². The molecule has 1 heterocycles. The summed E-state index contributed by atoms with van der Waals surface area (Å²) in [6.07, 6.45) is 0.769. The molecule has 3 rings (SSSR count). The number of benzene rings is 2. The van der Waals surface area contributed by atoms with Crippen molar-refractivity contribution in [2.45, 2.75) is 12.8 Å². The quantitative estimate of drug-likeness (QED) is 0.831. The molecule has 0 radical (unpaired) electrons. The Bertz CT molecular complexity index is 854. The molecule has 0 aromatic heterocycles. The molecule has 1 aliphatic heterocycles. The lowest BCUT2D eigenvalue weighted by Gasteiger charge is -2.33. The van der Waals surface area contributed by atoms with Crippen LogP contribution in [-0.2, 0) is 20.8 Å². The van der Waals surface area contributed by atoms with Gasteiger partial charge in [-0.15, -0.1) is 0 Å². The minimum Gasteiger partial charge on any atom is -0.301 e. The highest BCUT2D eigenvalue weighted by Crippen LogP contribution is 2.26. The molecule has 3 amide bonds. The second-order valence-electron chi connectivity index (χ2n) is 6.11. The highest BCUT2D eigenvalue weighted by Gasteiger charge is 2.32. The molecular formula is C19H17Cl2N3O3. The van der Waals surface area contributed by atoms with Crippen LogP contribution in [0.2, 0.25) is 10.0 Å². The van der Waals surface area contributed by atoms with Crippen molar-refractivity contribution in [3.8, 4) is 0 Å². The van der Waals surface area contributed by atoms with Crippen LogP contribution in [0.5, 0.6) is 0 Å². The van der Waals surface area contributed by atoms with E-state index in [1.807, 2.05) is 30.3 Å². The first-order valence-electron chi connectivity index (χ1n) is 8.32. The number of hydrogen-bond donors (Lipinski definition) is 1. The number of hydrazine groups is 1. The summed E-state index contributed by atoms with van der Waals surface area (Å²) in [5, 5.41) is 1.79. The average Bonchev–Trinajstić information content (AvgIpc) is 2.63. The van der Waals surface area contributed by atoms with Gasteiger partial charge in [0.15, 0.2) is 0 Å². The van der Waals surface area contributed by atoms with Crippen molar-refractivity contribution in [2.24, 2.45) is 0 Å². The third-order valence-electron chi connectivity index (χ3n) is 4.09. The van der Waals surface area contributed by atoms with Crippen LogP contribution in [0.15, 0.2) is 48.5 Å². The number of piperazine rings is 1. The number of carbonyl (C=O) groups is 3. The molecule has 0 saturated carbocycles. The molecule has 2 aromatic rings. The lowest BCUT2D eigenvalue weighted by Crippen LogP contribution is -2.59. The zero-order valence-electron chi connectivity index (χ0n) is 14.3. The summed E-state index contributed by atoms with van der Waals surface area (Å²) in [5.41, 5.74) is 3.98. The van der Waals surface area contributed by atoms with Crippen LogP contribution >= 0.6 is 23.2 Å². The Labute approximate surface area is 166 Å². The minimum atomic E-state index is -0.390. The SMILES string of the molecule is O=C(CCc1ccccc1)NN1CC(=O)N(c2cc(Cl)cc(Cl)c2)CC1=O. The van der Waals surface area contributed by atoms with E-state index in [2.05, 4.69) is 5.43 Å². The fraction of sp³-hybridized carbons (Fsp3) is 0.211.